The summed E-state index contributed by atoms with van der Waals surface area (Å²) in [7, 11) is -3.15. The third-order valence-electron chi connectivity index (χ3n) is 6.50. The van der Waals surface area contributed by atoms with Gasteiger partial charge in [0.25, 0.3) is 0 Å². The molecule has 0 amide bonds. The number of anilines is 1. The summed E-state index contributed by atoms with van der Waals surface area (Å²) >= 11 is 1.08. The second kappa shape index (κ2) is 10.0. The lowest BCUT2D eigenvalue weighted by molar-refractivity contribution is -0.126. The first-order chi connectivity index (χ1) is 15.6. The highest BCUT2D eigenvalue weighted by Gasteiger charge is 2.30. The van der Waals surface area contributed by atoms with E-state index in [0.29, 0.717) is 22.0 Å². The van der Waals surface area contributed by atoms with Crippen LogP contribution in [0.2, 0.25) is 0 Å². The summed E-state index contributed by atoms with van der Waals surface area (Å²) in [6.45, 7) is 5.92. The van der Waals surface area contributed by atoms with Gasteiger partial charge in [0.05, 0.1) is 17.6 Å². The van der Waals surface area contributed by atoms with Gasteiger partial charge in [-0.05, 0) is 44.6 Å². The predicted molar refractivity (Wildman–Crippen MR) is 124 cm³/mol. The van der Waals surface area contributed by atoms with E-state index < -0.39 is 22.6 Å². The summed E-state index contributed by atoms with van der Waals surface area (Å²) < 4.78 is 64.7. The number of piperazine rings is 1. The number of nitrogens with one attached hydrogen (secondary N) is 1. The Balaban J connectivity index is 1.29. The van der Waals surface area contributed by atoms with Crippen molar-refractivity contribution in [2.45, 2.75) is 51.2 Å². The Hall–Kier alpha value is -1.50. The minimum Gasteiger partial charge on any atom is -0.353 e. The molecule has 33 heavy (non-hydrogen) atoms. The van der Waals surface area contributed by atoms with E-state index in [1.807, 2.05) is 0 Å². The first kappa shape index (κ1) is 24.6. The van der Waals surface area contributed by atoms with Crippen LogP contribution in [-0.4, -0.2) is 74.0 Å². The van der Waals surface area contributed by atoms with Crippen molar-refractivity contribution in [2.75, 3.05) is 43.4 Å². The average molecular weight is 506 g/mol. The predicted octanol–water partition coefficient (Wildman–Crippen LogP) is 3.42. The van der Waals surface area contributed by atoms with E-state index in [-0.39, 0.29) is 16.7 Å². The van der Waals surface area contributed by atoms with Crippen molar-refractivity contribution in [3.8, 4) is 0 Å². The molecule has 4 rings (SSSR count). The second-order valence-electron chi connectivity index (χ2n) is 8.95. The van der Waals surface area contributed by atoms with E-state index in [0.717, 1.165) is 69.7 Å². The molecule has 3 heterocycles. The fourth-order valence-corrected chi connectivity index (χ4v) is 6.67. The summed E-state index contributed by atoms with van der Waals surface area (Å²) in [5, 5.41) is 0.697. The molecule has 2 fully saturated rings. The first-order valence-electron chi connectivity index (χ1n) is 11.4. The van der Waals surface area contributed by atoms with Crippen LogP contribution in [-0.2, 0) is 16.4 Å². The molecule has 184 valence electrons. The quantitative estimate of drug-likeness (QED) is 0.622. The molecular weight excluding hydrogens is 475 g/mol. The van der Waals surface area contributed by atoms with Crippen molar-refractivity contribution >= 4 is 37.4 Å². The molecule has 0 radical (unpaired) electrons. The number of fused-ring (bicyclic) bond motifs is 1. The van der Waals surface area contributed by atoms with Crippen molar-refractivity contribution in [2.24, 2.45) is 5.92 Å². The maximum atomic E-state index is 12.8. The lowest BCUT2D eigenvalue weighted by Crippen LogP contribution is -2.48. The van der Waals surface area contributed by atoms with Gasteiger partial charge in [-0.3, -0.25) is 4.90 Å². The molecule has 2 aromatic rings. The van der Waals surface area contributed by atoms with E-state index in [1.165, 1.54) is 6.33 Å². The highest BCUT2D eigenvalue weighted by atomic mass is 32.2. The second-order valence-corrected chi connectivity index (χ2v) is 12.1. The number of halogens is 3. The number of hydrogen-bond donors (Lipinski definition) is 1. The van der Waals surface area contributed by atoms with Gasteiger partial charge in [-0.1, -0.05) is 0 Å². The van der Waals surface area contributed by atoms with Crippen LogP contribution in [0.5, 0.6) is 0 Å². The van der Waals surface area contributed by atoms with Crippen molar-refractivity contribution < 1.29 is 21.6 Å². The molecule has 2 aliphatic rings. The molecule has 0 atom stereocenters. The number of aromatic nitrogens is 2. The van der Waals surface area contributed by atoms with Crippen molar-refractivity contribution in [1.29, 1.82) is 0 Å². The Bertz CT molecular complexity index is 1040. The number of alkyl halides is 3. The van der Waals surface area contributed by atoms with Crippen LogP contribution in [0.15, 0.2) is 12.4 Å². The minimum atomic E-state index is -4.24. The van der Waals surface area contributed by atoms with Crippen LogP contribution in [0.25, 0.3) is 10.2 Å². The Kier molecular flexibility index (Phi) is 7.47. The average Bonchev–Trinajstić information content (AvgIpc) is 3.16. The van der Waals surface area contributed by atoms with Gasteiger partial charge in [-0.15, -0.1) is 11.3 Å². The molecule has 0 bridgehead atoms. The van der Waals surface area contributed by atoms with Crippen LogP contribution >= 0.6 is 11.3 Å². The molecule has 0 unspecified atom stereocenters. The fraction of sp³-hybridized carbons (Fsp3) is 0.714. The Morgan fingerprint density at radius 3 is 2.45 bits per heavy atom. The number of nitrogens with zero attached hydrogens (tertiary/aromatic N) is 4. The molecule has 1 N–H and O–H groups in total. The van der Waals surface area contributed by atoms with Gasteiger partial charge in [0, 0.05) is 43.6 Å². The third kappa shape index (κ3) is 6.55. The largest absolute Gasteiger partial charge is 0.393 e. The van der Waals surface area contributed by atoms with Gasteiger partial charge < -0.3 is 4.90 Å². The molecule has 0 aromatic carbocycles. The van der Waals surface area contributed by atoms with Gasteiger partial charge in [-0.25, -0.2) is 23.1 Å². The SMILES string of the molecule is CCS(=O)(=O)NC1CCC(CN2CCN(c3ncnc4sc(CC(F)(F)F)cc34)CC2)CC1. The van der Waals surface area contributed by atoms with Gasteiger partial charge in [0.2, 0.25) is 10.0 Å². The zero-order valence-electron chi connectivity index (χ0n) is 18.6. The number of thiophene rings is 1. The molecular formula is C21H30F3N5O2S2. The lowest BCUT2D eigenvalue weighted by atomic mass is 9.86. The molecule has 2 aromatic heterocycles. The van der Waals surface area contributed by atoms with E-state index in [9.17, 15) is 21.6 Å². The van der Waals surface area contributed by atoms with Gasteiger partial charge in [0.15, 0.2) is 0 Å². The topological polar surface area (TPSA) is 78.4 Å². The lowest BCUT2D eigenvalue weighted by Gasteiger charge is -2.38. The first-order valence-corrected chi connectivity index (χ1v) is 13.9. The van der Waals surface area contributed by atoms with Gasteiger partial charge >= 0.3 is 6.18 Å². The Morgan fingerprint density at radius 2 is 1.82 bits per heavy atom. The summed E-state index contributed by atoms with van der Waals surface area (Å²) in [5.74, 6) is 1.39. The molecule has 12 heteroatoms. The molecule has 1 saturated heterocycles. The van der Waals surface area contributed by atoms with Crippen LogP contribution in [0.1, 0.15) is 37.5 Å². The Labute approximate surface area is 196 Å². The standard InChI is InChI=1S/C21H30F3N5O2S2/c1-2-33(30,31)27-16-5-3-15(4-6-16)13-28-7-9-29(10-8-28)19-18-11-17(12-21(22,23)24)32-20(18)26-14-25-19/h11,14-16,27H,2-10,12-13H2,1H3. The number of hydrogen-bond acceptors (Lipinski definition) is 7. The van der Waals surface area contributed by atoms with E-state index in [1.54, 1.807) is 13.0 Å². The monoisotopic (exact) mass is 505 g/mol. The third-order valence-corrected chi connectivity index (χ3v) is 8.99. The van der Waals surface area contributed by atoms with Crippen molar-refractivity contribution in [1.82, 2.24) is 19.6 Å². The summed E-state index contributed by atoms with van der Waals surface area (Å²) in [5.41, 5.74) is 0. The van der Waals surface area contributed by atoms with Crippen LogP contribution in [0.3, 0.4) is 0 Å². The normalized spacial score (nSPS) is 23.3. The van der Waals surface area contributed by atoms with Crippen LogP contribution < -0.4 is 9.62 Å². The van der Waals surface area contributed by atoms with E-state index in [2.05, 4.69) is 24.5 Å². The minimum absolute atomic E-state index is 0.0519. The maximum absolute atomic E-state index is 12.8. The molecule has 1 aliphatic carbocycles. The summed E-state index contributed by atoms with van der Waals surface area (Å²) in [4.78, 5) is 14.0. The maximum Gasteiger partial charge on any atom is 0.393 e. The number of rotatable bonds is 7. The fourth-order valence-electron chi connectivity index (χ4n) is 4.74. The smallest absolute Gasteiger partial charge is 0.353 e. The highest BCUT2D eigenvalue weighted by molar-refractivity contribution is 7.89. The summed E-state index contributed by atoms with van der Waals surface area (Å²) in [6.07, 6.45) is 0.0372. The molecule has 7 nitrogen and oxygen atoms in total. The van der Waals surface area contributed by atoms with Gasteiger partial charge in [0.1, 0.15) is 17.0 Å². The zero-order chi connectivity index (χ0) is 23.6. The van der Waals surface area contributed by atoms with E-state index in [4.69, 9.17) is 0 Å². The van der Waals surface area contributed by atoms with Crippen LogP contribution in [0, 0.1) is 5.92 Å². The van der Waals surface area contributed by atoms with E-state index >= 15 is 0 Å². The molecule has 0 spiro atoms. The van der Waals surface area contributed by atoms with Crippen molar-refractivity contribution in [3.63, 3.8) is 0 Å². The molecule has 1 aliphatic heterocycles. The molecule has 1 saturated carbocycles. The van der Waals surface area contributed by atoms with Crippen molar-refractivity contribution in [3.05, 3.63) is 17.3 Å². The highest BCUT2D eigenvalue weighted by Crippen LogP contribution is 2.34. The number of sulfonamides is 1. The zero-order valence-corrected chi connectivity index (χ0v) is 20.3. The van der Waals surface area contributed by atoms with Crippen LogP contribution in [0.4, 0.5) is 19.0 Å². The Morgan fingerprint density at radius 1 is 1.12 bits per heavy atom. The van der Waals surface area contributed by atoms with Gasteiger partial charge in [-0.2, -0.15) is 13.2 Å². The summed E-state index contributed by atoms with van der Waals surface area (Å²) in [6, 6.07) is 1.64.